The number of hydrogen-bond donors (Lipinski definition) is 0. The highest BCUT2D eigenvalue weighted by atomic mass is 14.5. The topological polar surface area (TPSA) is 0 Å². The summed E-state index contributed by atoms with van der Waals surface area (Å²) in [5, 5.41) is 0. The van der Waals surface area contributed by atoms with Gasteiger partial charge in [-0.3, -0.25) is 0 Å². The smallest absolute Gasteiger partial charge is 0.0324 e. The molecule has 2 aliphatic rings. The average molecular weight is 208 g/mol. The van der Waals surface area contributed by atoms with Crippen LogP contribution in [0.15, 0.2) is 0 Å². The highest BCUT2D eigenvalue weighted by molar-refractivity contribution is 4.98. The second kappa shape index (κ2) is 4.47. The van der Waals surface area contributed by atoms with Gasteiger partial charge in [-0.15, -0.1) is 0 Å². The normalized spacial score (nSPS) is 50.4. The second-order valence-corrected chi connectivity index (χ2v) is 6.32. The summed E-state index contributed by atoms with van der Waals surface area (Å²) in [4.78, 5) is 0. The van der Waals surface area contributed by atoms with Crippen LogP contribution in [0, 0.1) is 35.5 Å². The van der Waals surface area contributed by atoms with Crippen LogP contribution in [0.4, 0.5) is 0 Å². The molecule has 0 nitrogen and oxygen atoms in total. The molecule has 2 fully saturated rings. The maximum absolute atomic E-state index is 2.51. The van der Waals surface area contributed by atoms with Crippen LogP contribution in [-0.4, -0.2) is 0 Å². The van der Waals surface area contributed by atoms with Crippen LogP contribution in [0.25, 0.3) is 0 Å². The van der Waals surface area contributed by atoms with Gasteiger partial charge in [-0.25, -0.2) is 0 Å². The lowest BCUT2D eigenvalue weighted by Crippen LogP contribution is -2.48. The third kappa shape index (κ3) is 1.85. The lowest BCUT2D eigenvalue weighted by atomic mass is 9.52. The third-order valence-corrected chi connectivity index (χ3v) is 5.65. The minimum Gasteiger partial charge on any atom is -0.0654 e. The molecule has 0 spiro atoms. The van der Waals surface area contributed by atoms with Gasteiger partial charge in [0.1, 0.15) is 0 Å². The van der Waals surface area contributed by atoms with Gasteiger partial charge in [0, 0.05) is 0 Å². The first-order chi connectivity index (χ1) is 7.16. The Labute approximate surface area is 95.8 Å². The van der Waals surface area contributed by atoms with Gasteiger partial charge in [0.25, 0.3) is 0 Å². The standard InChI is InChI=1S/C15H28/c1-5-7-14-11(3)12(4)15(14)13-9-6-8-10(13)2/h10-15H,5-9H2,1-4H3. The lowest BCUT2D eigenvalue weighted by Gasteiger charge is -2.53. The van der Waals surface area contributed by atoms with Crippen LogP contribution < -0.4 is 0 Å². The van der Waals surface area contributed by atoms with Crippen molar-refractivity contribution in [3.63, 3.8) is 0 Å². The molecular formula is C15H28. The van der Waals surface area contributed by atoms with Gasteiger partial charge >= 0.3 is 0 Å². The quantitative estimate of drug-likeness (QED) is 0.628. The number of hydrogen-bond acceptors (Lipinski definition) is 0. The van der Waals surface area contributed by atoms with Crippen molar-refractivity contribution in [2.45, 2.75) is 59.8 Å². The van der Waals surface area contributed by atoms with Crippen LogP contribution in [0.5, 0.6) is 0 Å². The first-order valence-electron chi connectivity index (χ1n) is 7.16. The molecule has 0 aromatic rings. The van der Waals surface area contributed by atoms with Crippen molar-refractivity contribution in [3.05, 3.63) is 0 Å². The Balaban J connectivity index is 2.00. The fraction of sp³-hybridized carbons (Fsp3) is 1.00. The van der Waals surface area contributed by atoms with Crippen LogP contribution in [0.1, 0.15) is 59.8 Å². The van der Waals surface area contributed by atoms with E-state index in [0.29, 0.717) is 0 Å². The SMILES string of the molecule is CCCC1C(C)C(C)C1C1CCCC1C. The van der Waals surface area contributed by atoms with E-state index in [1.807, 2.05) is 0 Å². The molecule has 0 radical (unpaired) electrons. The first kappa shape index (κ1) is 11.5. The summed E-state index contributed by atoms with van der Waals surface area (Å²) < 4.78 is 0. The summed E-state index contributed by atoms with van der Waals surface area (Å²) in [5.74, 6) is 6.25. The summed E-state index contributed by atoms with van der Waals surface area (Å²) >= 11 is 0. The first-order valence-corrected chi connectivity index (χ1v) is 7.16. The number of rotatable bonds is 3. The van der Waals surface area contributed by atoms with E-state index < -0.39 is 0 Å². The van der Waals surface area contributed by atoms with Crippen molar-refractivity contribution < 1.29 is 0 Å². The molecule has 2 rings (SSSR count). The van der Waals surface area contributed by atoms with E-state index in [1.165, 1.54) is 32.1 Å². The van der Waals surface area contributed by atoms with E-state index in [4.69, 9.17) is 0 Å². The zero-order valence-electron chi connectivity index (χ0n) is 11.0. The summed E-state index contributed by atoms with van der Waals surface area (Å²) in [6.45, 7) is 9.84. The van der Waals surface area contributed by atoms with Gasteiger partial charge in [0.05, 0.1) is 0 Å². The molecule has 0 aromatic heterocycles. The zero-order valence-corrected chi connectivity index (χ0v) is 11.0. The predicted molar refractivity (Wildman–Crippen MR) is 66.7 cm³/mol. The minimum absolute atomic E-state index is 1.00. The van der Waals surface area contributed by atoms with Crippen LogP contribution in [-0.2, 0) is 0 Å². The Bertz CT molecular complexity index is 208. The van der Waals surface area contributed by atoms with Crippen LogP contribution in [0.3, 0.4) is 0 Å². The Kier molecular flexibility index (Phi) is 3.42. The fourth-order valence-electron chi connectivity index (χ4n) is 4.58. The Hall–Kier alpha value is 0. The van der Waals surface area contributed by atoms with E-state index in [-0.39, 0.29) is 0 Å². The molecule has 0 aromatic carbocycles. The summed E-state index contributed by atoms with van der Waals surface area (Å²) in [5.41, 5.74) is 0. The van der Waals surface area contributed by atoms with Crippen molar-refractivity contribution in [2.24, 2.45) is 35.5 Å². The molecule has 88 valence electrons. The largest absolute Gasteiger partial charge is 0.0654 e. The molecule has 2 saturated carbocycles. The molecule has 0 bridgehead atoms. The lowest BCUT2D eigenvalue weighted by molar-refractivity contribution is -0.0535. The third-order valence-electron chi connectivity index (χ3n) is 5.65. The Morgan fingerprint density at radius 1 is 1.00 bits per heavy atom. The van der Waals surface area contributed by atoms with E-state index in [0.717, 1.165) is 35.5 Å². The summed E-state index contributed by atoms with van der Waals surface area (Å²) in [6.07, 6.45) is 7.41. The van der Waals surface area contributed by atoms with Gasteiger partial charge < -0.3 is 0 Å². The van der Waals surface area contributed by atoms with Gasteiger partial charge in [0.15, 0.2) is 0 Å². The van der Waals surface area contributed by atoms with Gasteiger partial charge in [-0.05, 0) is 41.9 Å². The van der Waals surface area contributed by atoms with E-state index in [1.54, 1.807) is 0 Å². The molecular weight excluding hydrogens is 180 g/mol. The average Bonchev–Trinajstić information content (AvgIpc) is 2.63. The van der Waals surface area contributed by atoms with Gasteiger partial charge in [-0.1, -0.05) is 53.4 Å². The highest BCUT2D eigenvalue weighted by Gasteiger charge is 2.49. The maximum Gasteiger partial charge on any atom is -0.0324 e. The fourth-order valence-corrected chi connectivity index (χ4v) is 4.58. The van der Waals surface area contributed by atoms with Crippen molar-refractivity contribution in [3.8, 4) is 0 Å². The van der Waals surface area contributed by atoms with Crippen molar-refractivity contribution >= 4 is 0 Å². The van der Waals surface area contributed by atoms with E-state index in [9.17, 15) is 0 Å². The molecule has 0 amide bonds. The molecule has 0 saturated heterocycles. The monoisotopic (exact) mass is 208 g/mol. The van der Waals surface area contributed by atoms with Crippen molar-refractivity contribution in [1.82, 2.24) is 0 Å². The van der Waals surface area contributed by atoms with E-state index >= 15 is 0 Å². The molecule has 0 heteroatoms. The molecule has 6 atom stereocenters. The molecule has 0 N–H and O–H groups in total. The van der Waals surface area contributed by atoms with Crippen molar-refractivity contribution in [1.29, 1.82) is 0 Å². The van der Waals surface area contributed by atoms with Gasteiger partial charge in [-0.2, -0.15) is 0 Å². The molecule has 2 aliphatic carbocycles. The molecule has 0 heterocycles. The molecule has 6 unspecified atom stereocenters. The van der Waals surface area contributed by atoms with Gasteiger partial charge in [0.2, 0.25) is 0 Å². The summed E-state index contributed by atoms with van der Waals surface area (Å²) in [6, 6.07) is 0. The second-order valence-electron chi connectivity index (χ2n) is 6.32. The minimum atomic E-state index is 1.00. The Morgan fingerprint density at radius 3 is 2.27 bits per heavy atom. The maximum atomic E-state index is 2.51. The summed E-state index contributed by atoms with van der Waals surface area (Å²) in [7, 11) is 0. The van der Waals surface area contributed by atoms with Crippen molar-refractivity contribution in [2.75, 3.05) is 0 Å². The predicted octanol–water partition coefficient (Wildman–Crippen LogP) is 4.74. The zero-order chi connectivity index (χ0) is 11.0. The highest BCUT2D eigenvalue weighted by Crippen LogP contribution is 2.56. The van der Waals surface area contributed by atoms with Crippen LogP contribution >= 0.6 is 0 Å². The molecule has 15 heavy (non-hydrogen) atoms. The van der Waals surface area contributed by atoms with E-state index in [2.05, 4.69) is 27.7 Å². The molecule has 0 aliphatic heterocycles. The van der Waals surface area contributed by atoms with Crippen LogP contribution in [0.2, 0.25) is 0 Å². The Morgan fingerprint density at radius 2 is 1.73 bits per heavy atom.